The molecule has 3 aromatic rings. The van der Waals surface area contributed by atoms with Crippen LogP contribution in [0.1, 0.15) is 51.5 Å². The molecule has 0 bridgehead atoms. The number of aldehydes is 3. The quantitative estimate of drug-likeness (QED) is 0.0506. The molecule has 0 radical (unpaired) electrons. The van der Waals surface area contributed by atoms with E-state index in [2.05, 4.69) is 50.0 Å². The predicted molar refractivity (Wildman–Crippen MR) is 200 cm³/mol. The van der Waals surface area contributed by atoms with Crippen LogP contribution in [0.5, 0.6) is 0 Å². The van der Waals surface area contributed by atoms with E-state index < -0.39 is 0 Å². The summed E-state index contributed by atoms with van der Waals surface area (Å²) < 4.78 is 15.6. The number of ether oxygens (including phenoxy) is 2. The Labute approximate surface area is 296 Å². The fourth-order valence-electron chi connectivity index (χ4n) is 4.08. The molecule has 0 fully saturated rings. The van der Waals surface area contributed by atoms with Crippen LogP contribution >= 0.6 is 0 Å². The van der Waals surface area contributed by atoms with Crippen LogP contribution in [0.3, 0.4) is 0 Å². The third-order valence-electron chi connectivity index (χ3n) is 6.92. The van der Waals surface area contributed by atoms with Crippen molar-refractivity contribution in [3.05, 3.63) is 71.5 Å². The Kier molecular flexibility index (Phi) is 24.0. The highest BCUT2D eigenvalue weighted by Gasteiger charge is 2.02. The molecule has 0 aliphatic carbocycles. The average molecular weight is 700 g/mol. The van der Waals surface area contributed by atoms with E-state index in [1.165, 1.54) is 12.7 Å². The third-order valence-corrected chi connectivity index (χ3v) is 6.92. The van der Waals surface area contributed by atoms with Crippen LogP contribution < -0.4 is 21.3 Å². The number of methoxy groups -OCH3 is 1. The number of aliphatic imine (C=N–C) groups is 1. The van der Waals surface area contributed by atoms with Gasteiger partial charge in [0.25, 0.3) is 0 Å². The molecule has 0 spiro atoms. The van der Waals surface area contributed by atoms with Crippen molar-refractivity contribution in [2.24, 2.45) is 26.1 Å². The number of carbonyl (C=O) groups excluding carboxylic acids is 4. The third kappa shape index (κ3) is 19.0. The lowest BCUT2D eigenvalue weighted by Gasteiger charge is -2.13. The molecule has 0 aliphatic heterocycles. The number of hydrogen-bond donors (Lipinski definition) is 4. The van der Waals surface area contributed by atoms with Gasteiger partial charge in [-0.25, -0.2) is 4.99 Å². The van der Waals surface area contributed by atoms with Crippen LogP contribution in [0.2, 0.25) is 0 Å². The van der Waals surface area contributed by atoms with E-state index in [0.717, 1.165) is 55.3 Å². The van der Waals surface area contributed by atoms with E-state index in [-0.39, 0.29) is 5.97 Å². The molecule has 0 saturated heterocycles. The van der Waals surface area contributed by atoms with E-state index in [9.17, 15) is 19.2 Å². The molecular weight excluding hydrogens is 642 g/mol. The van der Waals surface area contributed by atoms with Crippen LogP contribution in [0.15, 0.2) is 53.8 Å². The second-order valence-electron chi connectivity index (χ2n) is 11.0. The van der Waals surface area contributed by atoms with Crippen molar-refractivity contribution in [2.45, 2.75) is 32.8 Å². The van der Waals surface area contributed by atoms with Gasteiger partial charge in [-0.2, -0.15) is 0 Å². The first-order valence-corrected chi connectivity index (χ1v) is 16.0. The number of esters is 1. The summed E-state index contributed by atoms with van der Waals surface area (Å²) in [6.07, 6.45) is 12.5. The van der Waals surface area contributed by atoms with Gasteiger partial charge >= 0.3 is 5.97 Å². The smallest absolute Gasteiger partial charge is 0.305 e. The summed E-state index contributed by atoms with van der Waals surface area (Å²) in [6, 6.07) is 5.68. The van der Waals surface area contributed by atoms with E-state index in [0.29, 0.717) is 43.5 Å². The largest absolute Gasteiger partial charge is 0.469 e. The number of hydrogen-bond acceptors (Lipinski definition) is 12. The minimum atomic E-state index is -0.115. The summed E-state index contributed by atoms with van der Waals surface area (Å²) in [7, 11) is 14.4. The number of unbranched alkanes of at least 4 members (excludes halogenated alkanes) is 1. The van der Waals surface area contributed by atoms with Crippen molar-refractivity contribution in [3.8, 4) is 0 Å². The molecule has 0 unspecified atom stereocenters. The fourth-order valence-corrected chi connectivity index (χ4v) is 4.08. The van der Waals surface area contributed by atoms with Gasteiger partial charge in [0.2, 0.25) is 0 Å². The number of anilines is 2. The molecule has 0 aliphatic rings. The highest BCUT2D eigenvalue weighted by atomic mass is 16.5. The van der Waals surface area contributed by atoms with Gasteiger partial charge in [-0.05, 0) is 63.8 Å². The number of carbonyl (C=O) groups is 4. The predicted octanol–water partition coefficient (Wildman–Crippen LogP) is 3.34. The zero-order valence-corrected chi connectivity index (χ0v) is 31.1. The molecular formula is C35H57N9O6. The van der Waals surface area contributed by atoms with Gasteiger partial charge in [0.15, 0.2) is 12.6 Å². The number of nitrogens with one attached hydrogen (secondary N) is 4. The van der Waals surface area contributed by atoms with Crippen molar-refractivity contribution >= 4 is 42.9 Å². The van der Waals surface area contributed by atoms with Crippen molar-refractivity contribution in [1.82, 2.24) is 29.2 Å². The first-order chi connectivity index (χ1) is 23.9. The Morgan fingerprint density at radius 3 is 1.88 bits per heavy atom. The lowest BCUT2D eigenvalue weighted by molar-refractivity contribution is -0.140. The van der Waals surface area contributed by atoms with Crippen molar-refractivity contribution < 1.29 is 28.7 Å². The number of aromatic nitrogens is 3. The Hall–Kier alpha value is -5.15. The van der Waals surface area contributed by atoms with E-state index in [1.807, 2.05) is 66.2 Å². The van der Waals surface area contributed by atoms with Gasteiger partial charge in [-0.3, -0.25) is 14.4 Å². The summed E-state index contributed by atoms with van der Waals surface area (Å²) in [5.74, 6) is 0.452. The van der Waals surface area contributed by atoms with Crippen LogP contribution in [0.25, 0.3) is 0 Å². The van der Waals surface area contributed by atoms with Crippen molar-refractivity contribution in [3.63, 3.8) is 0 Å². The standard InChI is InChI=1S/C14H22N4O2.2C7H10N2O.C7H15NO2/c1-12-7-13(18(4)8-12)10-20-11-16-14(15-2)9-17(3)5-6-19;2*1-8-6-3-7(5-10)9(2)4-6;1-8-6-4-3-5-7(9)10-2/h6-9,16H,2,5,10-11H2,1,3-4H3;2*3-5,8H,1-2H3;8H,3-6H2,1-2H3/b14-9+;;;. The number of likely N-dealkylation sites (N-methyl/N-ethyl adjacent to an activating group) is 1. The topological polar surface area (TPSA) is 165 Å². The maximum absolute atomic E-state index is 10.5. The van der Waals surface area contributed by atoms with E-state index in [1.54, 1.807) is 39.4 Å². The maximum atomic E-state index is 10.5. The van der Waals surface area contributed by atoms with Crippen LogP contribution in [0, 0.1) is 6.92 Å². The van der Waals surface area contributed by atoms with Gasteiger partial charge in [-0.1, -0.05) is 0 Å². The lowest BCUT2D eigenvalue weighted by atomic mass is 10.2. The Balaban J connectivity index is 0.000000682. The van der Waals surface area contributed by atoms with Crippen molar-refractivity contribution in [2.75, 3.05) is 65.8 Å². The normalized spacial score (nSPS) is 10.1. The molecule has 278 valence electrons. The molecule has 0 aromatic carbocycles. The lowest BCUT2D eigenvalue weighted by Crippen LogP contribution is -2.21. The molecule has 0 amide bonds. The van der Waals surface area contributed by atoms with Gasteiger partial charge in [0.1, 0.15) is 18.8 Å². The number of rotatable bonds is 18. The highest BCUT2D eigenvalue weighted by Crippen LogP contribution is 2.10. The second-order valence-corrected chi connectivity index (χ2v) is 11.0. The number of aryl methyl sites for hydroxylation is 4. The highest BCUT2D eigenvalue weighted by molar-refractivity contribution is 5.75. The fraction of sp³-hybridized carbons (Fsp3) is 0.457. The Morgan fingerprint density at radius 2 is 1.50 bits per heavy atom. The first-order valence-electron chi connectivity index (χ1n) is 16.0. The molecule has 15 nitrogen and oxygen atoms in total. The van der Waals surface area contributed by atoms with Crippen LogP contribution in [-0.4, -0.2) is 105 Å². The molecule has 4 N–H and O–H groups in total. The second kappa shape index (κ2) is 26.8. The minimum absolute atomic E-state index is 0.115. The molecule has 15 heteroatoms. The zero-order valence-electron chi connectivity index (χ0n) is 31.1. The van der Waals surface area contributed by atoms with E-state index >= 15 is 0 Å². The monoisotopic (exact) mass is 699 g/mol. The Morgan fingerprint density at radius 1 is 0.920 bits per heavy atom. The summed E-state index contributed by atoms with van der Waals surface area (Å²) >= 11 is 0. The zero-order chi connectivity index (χ0) is 37.9. The van der Waals surface area contributed by atoms with Crippen LogP contribution in [-0.2, 0) is 46.8 Å². The number of nitrogens with zero attached hydrogens (tertiary/aromatic N) is 5. The SMILES string of the molecule is C=N/C(=C\N(C)CC=O)NCOCc1cc(C)cn1C.CNCCCCC(=O)OC.CNc1cc(C=O)n(C)c1.CNc1cc(C=O)n(C)c1. The summed E-state index contributed by atoms with van der Waals surface area (Å²) in [6.45, 7) is 7.64. The minimum Gasteiger partial charge on any atom is -0.469 e. The molecule has 3 aromatic heterocycles. The summed E-state index contributed by atoms with van der Waals surface area (Å²) in [5.41, 5.74) is 5.62. The van der Waals surface area contributed by atoms with Gasteiger partial charge in [-0.15, -0.1) is 0 Å². The Bertz CT molecular complexity index is 1410. The van der Waals surface area contributed by atoms with Gasteiger partial charge < -0.3 is 54.1 Å². The average Bonchev–Trinajstić information content (AvgIpc) is 3.78. The molecule has 3 heterocycles. The van der Waals surface area contributed by atoms with E-state index in [4.69, 9.17) is 4.74 Å². The molecule has 3 rings (SSSR count). The maximum Gasteiger partial charge on any atom is 0.305 e. The molecule has 0 saturated carbocycles. The first kappa shape index (κ1) is 44.9. The molecule has 0 atom stereocenters. The van der Waals surface area contributed by atoms with Crippen LogP contribution in [0.4, 0.5) is 11.4 Å². The van der Waals surface area contributed by atoms with Crippen molar-refractivity contribution in [1.29, 1.82) is 0 Å². The summed E-state index contributed by atoms with van der Waals surface area (Å²) in [5, 5.41) is 11.9. The molecule has 50 heavy (non-hydrogen) atoms. The summed E-state index contributed by atoms with van der Waals surface area (Å²) in [4.78, 5) is 47.1. The van der Waals surface area contributed by atoms with Gasteiger partial charge in [0, 0.05) is 79.2 Å². The van der Waals surface area contributed by atoms with Gasteiger partial charge in [0.05, 0.1) is 43.0 Å².